The second-order valence-corrected chi connectivity index (χ2v) is 7.72. The van der Waals surface area contributed by atoms with Crippen molar-refractivity contribution in [3.8, 4) is 0 Å². The van der Waals surface area contributed by atoms with E-state index < -0.39 is 0 Å². The molecule has 1 fully saturated rings. The summed E-state index contributed by atoms with van der Waals surface area (Å²) in [7, 11) is 0. The Kier molecular flexibility index (Phi) is 5.94. The number of carbonyl (C=O) groups is 1. The molecule has 0 spiro atoms. The molecule has 0 aliphatic carbocycles. The molecule has 1 aliphatic heterocycles. The highest BCUT2D eigenvalue weighted by Crippen LogP contribution is 2.25. The van der Waals surface area contributed by atoms with E-state index in [1.807, 2.05) is 35.7 Å². The van der Waals surface area contributed by atoms with Gasteiger partial charge in [0.2, 0.25) is 11.9 Å². The van der Waals surface area contributed by atoms with Crippen LogP contribution in [0, 0.1) is 0 Å². The van der Waals surface area contributed by atoms with E-state index in [4.69, 9.17) is 0 Å². The predicted molar refractivity (Wildman–Crippen MR) is 111 cm³/mol. The number of rotatable bonds is 6. The van der Waals surface area contributed by atoms with Gasteiger partial charge in [0.25, 0.3) is 0 Å². The normalized spacial score (nSPS) is 15.9. The molecule has 0 radical (unpaired) electrons. The van der Waals surface area contributed by atoms with Crippen molar-refractivity contribution in [2.45, 2.75) is 6.04 Å². The van der Waals surface area contributed by atoms with Gasteiger partial charge in [-0.05, 0) is 23.1 Å². The summed E-state index contributed by atoms with van der Waals surface area (Å²) in [6.07, 6.45) is 3.52. The van der Waals surface area contributed by atoms with Crippen LogP contribution in [0.5, 0.6) is 0 Å². The van der Waals surface area contributed by atoms with Crippen molar-refractivity contribution in [2.24, 2.45) is 0 Å². The summed E-state index contributed by atoms with van der Waals surface area (Å²) in [6, 6.07) is 15.9. The van der Waals surface area contributed by atoms with Gasteiger partial charge in [-0.15, -0.1) is 11.3 Å². The minimum atomic E-state index is -0.104. The third kappa shape index (κ3) is 4.55. The molecule has 1 atom stereocenters. The van der Waals surface area contributed by atoms with E-state index in [0.717, 1.165) is 42.6 Å². The van der Waals surface area contributed by atoms with E-state index in [2.05, 4.69) is 43.3 Å². The predicted octanol–water partition coefficient (Wildman–Crippen LogP) is 2.57. The number of piperazine rings is 1. The van der Waals surface area contributed by atoms with Crippen LogP contribution in [0.15, 0.2) is 66.3 Å². The number of thiophene rings is 1. The Bertz CT molecular complexity index is 864. The third-order valence-electron chi connectivity index (χ3n) is 4.84. The van der Waals surface area contributed by atoms with Crippen LogP contribution >= 0.6 is 11.3 Å². The molecule has 7 heteroatoms. The molecule has 1 N–H and O–H groups in total. The number of hydrogen-bond donors (Lipinski definition) is 1. The van der Waals surface area contributed by atoms with E-state index >= 15 is 0 Å². The second-order valence-electron chi connectivity index (χ2n) is 6.74. The Hall–Kier alpha value is -2.77. The Balaban J connectivity index is 1.35. The van der Waals surface area contributed by atoms with E-state index in [0.29, 0.717) is 6.54 Å². The van der Waals surface area contributed by atoms with Gasteiger partial charge in [0.1, 0.15) is 0 Å². The van der Waals surface area contributed by atoms with Crippen molar-refractivity contribution in [1.82, 2.24) is 20.2 Å². The summed E-state index contributed by atoms with van der Waals surface area (Å²) in [5.74, 6) is 0.806. The van der Waals surface area contributed by atoms with Crippen LogP contribution in [-0.2, 0) is 4.79 Å². The van der Waals surface area contributed by atoms with Crippen molar-refractivity contribution in [1.29, 1.82) is 0 Å². The molecule has 1 aliphatic rings. The van der Waals surface area contributed by atoms with Crippen LogP contribution < -0.4 is 10.2 Å². The summed E-state index contributed by atoms with van der Waals surface area (Å²) < 4.78 is 0. The Labute approximate surface area is 168 Å². The molecular weight excluding hydrogens is 370 g/mol. The van der Waals surface area contributed by atoms with Gasteiger partial charge in [0.05, 0.1) is 12.6 Å². The summed E-state index contributed by atoms with van der Waals surface area (Å²) in [5, 5.41) is 5.26. The average molecular weight is 394 g/mol. The zero-order valence-corrected chi connectivity index (χ0v) is 16.4. The molecule has 0 bridgehead atoms. The number of anilines is 1. The monoisotopic (exact) mass is 393 g/mol. The summed E-state index contributed by atoms with van der Waals surface area (Å²) in [5.41, 5.74) is 1.10. The van der Waals surface area contributed by atoms with Crippen LogP contribution in [0.3, 0.4) is 0 Å². The fraction of sp³-hybridized carbons (Fsp3) is 0.286. The lowest BCUT2D eigenvalue weighted by Crippen LogP contribution is -2.50. The van der Waals surface area contributed by atoms with Gasteiger partial charge in [0.15, 0.2) is 0 Å². The van der Waals surface area contributed by atoms with E-state index in [1.165, 1.54) is 0 Å². The summed E-state index contributed by atoms with van der Waals surface area (Å²) in [4.78, 5) is 26.9. The van der Waals surface area contributed by atoms with Gasteiger partial charge in [-0.2, -0.15) is 0 Å². The lowest BCUT2D eigenvalue weighted by molar-refractivity contribution is -0.122. The highest BCUT2D eigenvalue weighted by Gasteiger charge is 2.23. The average Bonchev–Trinajstić information content (AvgIpc) is 3.28. The Morgan fingerprint density at radius 3 is 2.43 bits per heavy atom. The molecule has 1 unspecified atom stereocenters. The van der Waals surface area contributed by atoms with Crippen molar-refractivity contribution in [2.75, 3.05) is 37.6 Å². The first kappa shape index (κ1) is 18.6. The van der Waals surface area contributed by atoms with Gasteiger partial charge in [-0.1, -0.05) is 36.4 Å². The first-order chi connectivity index (χ1) is 13.8. The van der Waals surface area contributed by atoms with E-state index in [-0.39, 0.29) is 11.9 Å². The minimum Gasteiger partial charge on any atom is -0.343 e. The second kappa shape index (κ2) is 8.95. The highest BCUT2D eigenvalue weighted by molar-refractivity contribution is 7.10. The maximum Gasteiger partial charge on any atom is 0.234 e. The Morgan fingerprint density at radius 2 is 1.75 bits per heavy atom. The molecule has 2 aromatic heterocycles. The number of nitrogens with one attached hydrogen (secondary N) is 1. The molecule has 144 valence electrons. The van der Waals surface area contributed by atoms with Gasteiger partial charge in [0, 0.05) is 43.4 Å². The molecule has 3 aromatic rings. The fourth-order valence-corrected chi connectivity index (χ4v) is 4.19. The lowest BCUT2D eigenvalue weighted by Gasteiger charge is -2.34. The standard InChI is InChI=1S/C21H23N5OS/c27-19(16-25-11-13-26(14-12-25)21-22-9-5-10-23-21)24-20(18-8-4-15-28-18)17-6-2-1-3-7-17/h1-10,15,20H,11-14,16H2,(H,24,27). The highest BCUT2D eigenvalue weighted by atomic mass is 32.1. The van der Waals surface area contributed by atoms with Crippen LogP contribution in [-0.4, -0.2) is 53.5 Å². The van der Waals surface area contributed by atoms with Gasteiger partial charge in [-0.3, -0.25) is 9.69 Å². The quantitative estimate of drug-likeness (QED) is 0.697. The molecule has 1 amide bonds. The Morgan fingerprint density at radius 1 is 1.00 bits per heavy atom. The topological polar surface area (TPSA) is 61.4 Å². The molecule has 0 saturated carbocycles. The van der Waals surface area contributed by atoms with Gasteiger partial charge in [-0.25, -0.2) is 9.97 Å². The van der Waals surface area contributed by atoms with Gasteiger partial charge >= 0.3 is 0 Å². The largest absolute Gasteiger partial charge is 0.343 e. The third-order valence-corrected chi connectivity index (χ3v) is 5.78. The number of benzene rings is 1. The fourth-order valence-electron chi connectivity index (χ4n) is 3.39. The summed E-state index contributed by atoms with van der Waals surface area (Å²) in [6.45, 7) is 3.69. The van der Waals surface area contributed by atoms with Crippen LogP contribution in [0.1, 0.15) is 16.5 Å². The zero-order chi connectivity index (χ0) is 19.2. The number of nitrogens with zero attached hydrogens (tertiary/aromatic N) is 4. The SMILES string of the molecule is O=C(CN1CCN(c2ncccn2)CC1)NC(c1ccccc1)c1cccs1. The molecule has 6 nitrogen and oxygen atoms in total. The van der Waals surface area contributed by atoms with E-state index in [1.54, 1.807) is 23.7 Å². The number of carbonyl (C=O) groups excluding carboxylic acids is 1. The lowest BCUT2D eigenvalue weighted by atomic mass is 10.1. The van der Waals surface area contributed by atoms with Crippen molar-refractivity contribution in [3.63, 3.8) is 0 Å². The van der Waals surface area contributed by atoms with Crippen molar-refractivity contribution in [3.05, 3.63) is 76.7 Å². The van der Waals surface area contributed by atoms with Crippen molar-refractivity contribution >= 4 is 23.2 Å². The number of hydrogen-bond acceptors (Lipinski definition) is 6. The van der Waals surface area contributed by atoms with Crippen LogP contribution in [0.2, 0.25) is 0 Å². The first-order valence-corrected chi connectivity index (χ1v) is 10.3. The molecule has 4 rings (SSSR count). The molecule has 3 heterocycles. The molecular formula is C21H23N5OS. The summed E-state index contributed by atoms with van der Waals surface area (Å²) >= 11 is 1.66. The van der Waals surface area contributed by atoms with Crippen molar-refractivity contribution < 1.29 is 4.79 Å². The molecule has 1 saturated heterocycles. The molecule has 1 aromatic carbocycles. The first-order valence-electron chi connectivity index (χ1n) is 9.41. The number of amides is 1. The minimum absolute atomic E-state index is 0.0478. The van der Waals surface area contributed by atoms with Crippen LogP contribution in [0.4, 0.5) is 5.95 Å². The van der Waals surface area contributed by atoms with E-state index in [9.17, 15) is 4.79 Å². The van der Waals surface area contributed by atoms with Gasteiger partial charge < -0.3 is 10.2 Å². The molecule has 28 heavy (non-hydrogen) atoms. The van der Waals surface area contributed by atoms with Crippen LogP contribution in [0.25, 0.3) is 0 Å². The number of aromatic nitrogens is 2. The zero-order valence-electron chi connectivity index (χ0n) is 15.6. The maximum absolute atomic E-state index is 12.8. The maximum atomic E-state index is 12.8. The smallest absolute Gasteiger partial charge is 0.234 e.